The van der Waals surface area contributed by atoms with Gasteiger partial charge in [0.2, 0.25) is 0 Å². The summed E-state index contributed by atoms with van der Waals surface area (Å²) in [6, 6.07) is 72.3. The Hall–Kier alpha value is -4.64. The van der Waals surface area contributed by atoms with E-state index < -0.39 is 10.8 Å². The van der Waals surface area contributed by atoms with Crippen LogP contribution in [0.5, 0.6) is 0 Å². The van der Waals surface area contributed by atoms with Crippen LogP contribution >= 0.6 is 33.5 Å². The molecule has 0 spiro atoms. The molecular weight excluding hydrogens is 807 g/mol. The molecule has 0 saturated carbocycles. The molecule has 0 saturated heterocycles. The minimum Gasteiger partial charge on any atom is -0.300 e. The van der Waals surface area contributed by atoms with Gasteiger partial charge in [-0.1, -0.05) is 173 Å². The van der Waals surface area contributed by atoms with Crippen molar-refractivity contribution in [1.29, 1.82) is 0 Å². The molecule has 0 aliphatic carbocycles. The fourth-order valence-corrected chi connectivity index (χ4v) is 21.7. The zero-order valence-electron chi connectivity index (χ0n) is 31.0. The Labute approximate surface area is 353 Å². The predicted octanol–water partition coefficient (Wildman–Crippen LogP) is 14.8. The molecule has 2 atom stereocenters. The molecule has 2 aliphatic rings. The van der Waals surface area contributed by atoms with Gasteiger partial charge in [0.15, 0.2) is 0 Å². The number of aryl methyl sites for hydroxylation is 1. The number of nitrogens with zero attached hydrogens (tertiary/aromatic N) is 2. The van der Waals surface area contributed by atoms with Crippen LogP contribution in [0.15, 0.2) is 210 Å². The van der Waals surface area contributed by atoms with Gasteiger partial charge in [-0.3, -0.25) is 9.34 Å². The largest absolute Gasteiger partial charge is 0.300 e. The second-order valence-corrected chi connectivity index (χ2v) is 28.2. The maximum atomic E-state index is 6.81. The normalized spacial score (nSPS) is 18.3. The van der Waals surface area contributed by atoms with Gasteiger partial charge >= 0.3 is 0 Å². The minimum absolute atomic E-state index is 1.13. The lowest BCUT2D eigenvalue weighted by Crippen LogP contribution is -2.16. The van der Waals surface area contributed by atoms with Gasteiger partial charge in [0.1, 0.15) is 10.8 Å². The molecule has 0 N–H and O–H groups in total. The number of rotatable bonds is 7. The highest BCUT2D eigenvalue weighted by atomic mass is 32.9. The fraction of sp³-hybridized carbons (Fsp3) is 0.0204. The van der Waals surface area contributed by atoms with Crippen molar-refractivity contribution in [2.24, 2.45) is 0 Å². The van der Waals surface area contributed by atoms with Crippen LogP contribution in [0.2, 0.25) is 0 Å². The Morgan fingerprint density at radius 3 is 1.19 bits per heavy atom. The lowest BCUT2D eigenvalue weighted by molar-refractivity contribution is 1.35. The molecule has 0 radical (unpaired) electrons. The van der Waals surface area contributed by atoms with Gasteiger partial charge in [0, 0.05) is 31.8 Å². The standard InChI is InChI=1S/C49H36N2P2S4/c1-35-15-12-16-36(29-35)39-30-40(37-17-13-23-44(33-37)52(54)50(42-19-4-2-5-20-42)46-25-8-10-27-48(46)56-52)32-41(31-39)38-18-14-24-45(34-38)53(55)51(43-21-6-3-7-22-43)47-26-9-11-28-49(47)57-53/h2-34H,1H3. The van der Waals surface area contributed by atoms with Gasteiger partial charge in [0.05, 0.1) is 11.4 Å². The van der Waals surface area contributed by atoms with E-state index in [-0.39, 0.29) is 0 Å². The second-order valence-electron chi connectivity index (χ2n) is 14.2. The smallest absolute Gasteiger partial charge is 0.127 e. The van der Waals surface area contributed by atoms with Gasteiger partial charge in [-0.2, -0.15) is 0 Å². The summed E-state index contributed by atoms with van der Waals surface area (Å²) >= 11 is 17.3. The molecule has 57 heavy (non-hydrogen) atoms. The van der Waals surface area contributed by atoms with Crippen molar-refractivity contribution in [3.8, 4) is 33.4 Å². The van der Waals surface area contributed by atoms with Crippen LogP contribution in [0.25, 0.3) is 33.4 Å². The highest BCUT2D eigenvalue weighted by Crippen LogP contribution is 2.75. The highest BCUT2D eigenvalue weighted by molar-refractivity contribution is 8.74. The first-order valence-electron chi connectivity index (χ1n) is 18.8. The molecule has 2 nitrogen and oxygen atoms in total. The summed E-state index contributed by atoms with van der Waals surface area (Å²) in [5.41, 5.74) is 12.8. The molecule has 0 fully saturated rings. The third-order valence-corrected chi connectivity index (χ3v) is 24.3. The van der Waals surface area contributed by atoms with Crippen LogP contribution in [-0.2, 0) is 23.6 Å². The van der Waals surface area contributed by atoms with Crippen LogP contribution in [0.3, 0.4) is 0 Å². The van der Waals surface area contributed by atoms with E-state index in [2.05, 4.69) is 216 Å². The van der Waals surface area contributed by atoms with E-state index in [0.29, 0.717) is 0 Å². The van der Waals surface area contributed by atoms with Crippen molar-refractivity contribution in [3.63, 3.8) is 0 Å². The van der Waals surface area contributed by atoms with Crippen LogP contribution < -0.4 is 19.9 Å². The van der Waals surface area contributed by atoms with Crippen LogP contribution in [0, 0.1) is 6.92 Å². The quantitative estimate of drug-likeness (QED) is 0.146. The molecule has 10 rings (SSSR count). The van der Waals surface area contributed by atoms with E-state index in [0.717, 1.165) is 33.6 Å². The van der Waals surface area contributed by atoms with Crippen LogP contribution in [-0.4, -0.2) is 0 Å². The van der Waals surface area contributed by atoms with Gasteiger partial charge < -0.3 is 0 Å². The monoisotopic (exact) mass is 842 g/mol. The lowest BCUT2D eigenvalue weighted by Gasteiger charge is -2.30. The summed E-state index contributed by atoms with van der Waals surface area (Å²) in [4.78, 5) is 2.46. The van der Waals surface area contributed by atoms with Gasteiger partial charge in [0.25, 0.3) is 0 Å². The van der Waals surface area contributed by atoms with Crippen LogP contribution in [0.1, 0.15) is 5.56 Å². The zero-order chi connectivity index (χ0) is 38.6. The van der Waals surface area contributed by atoms with E-state index >= 15 is 0 Å². The Bertz CT molecular complexity index is 2740. The van der Waals surface area contributed by atoms with Crippen molar-refractivity contribution in [3.05, 3.63) is 206 Å². The van der Waals surface area contributed by atoms with Gasteiger partial charge in [-0.25, -0.2) is 0 Å². The summed E-state index contributed by atoms with van der Waals surface area (Å²) < 4.78 is 4.85. The van der Waals surface area contributed by atoms with E-state index in [4.69, 9.17) is 23.6 Å². The van der Waals surface area contributed by atoms with Crippen molar-refractivity contribution < 1.29 is 0 Å². The highest BCUT2D eigenvalue weighted by Gasteiger charge is 2.40. The first-order valence-corrected chi connectivity index (χ1v) is 27.2. The number of benzene rings is 8. The Morgan fingerprint density at radius 1 is 0.368 bits per heavy atom. The van der Waals surface area contributed by atoms with Crippen molar-refractivity contribution in [2.45, 2.75) is 16.7 Å². The third-order valence-electron chi connectivity index (χ3n) is 10.5. The SMILES string of the molecule is Cc1cccc(-c2cc(-c3cccc(P4(=S)Sc5ccccc5N4c4ccccc4)c3)cc(-c3cccc(P4(=S)Sc5ccccc5N4c4ccccc4)c3)c2)c1. The van der Waals surface area contributed by atoms with E-state index in [1.54, 1.807) is 0 Å². The molecule has 276 valence electrons. The molecular formula is C49H36N2P2S4. The molecule has 2 aliphatic heterocycles. The van der Waals surface area contributed by atoms with Gasteiger partial charge in [-0.05, 0) is 119 Å². The Kier molecular flexibility index (Phi) is 9.62. The molecule has 8 aromatic rings. The van der Waals surface area contributed by atoms with Crippen LogP contribution in [0.4, 0.5) is 22.7 Å². The predicted molar refractivity (Wildman–Crippen MR) is 257 cm³/mol. The number of hydrogen-bond donors (Lipinski definition) is 0. The fourth-order valence-electron chi connectivity index (χ4n) is 7.78. The maximum absolute atomic E-state index is 6.81. The van der Waals surface area contributed by atoms with Gasteiger partial charge in [-0.15, -0.1) is 0 Å². The molecule has 0 aromatic heterocycles. The zero-order valence-corrected chi connectivity index (χ0v) is 36.0. The van der Waals surface area contributed by atoms with Crippen molar-refractivity contribution in [2.75, 3.05) is 9.34 Å². The first-order chi connectivity index (χ1) is 27.9. The number of hydrogen-bond acceptors (Lipinski definition) is 4. The molecule has 0 amide bonds. The third kappa shape index (κ3) is 6.63. The maximum Gasteiger partial charge on any atom is 0.127 e. The van der Waals surface area contributed by atoms with E-state index in [1.165, 1.54) is 48.5 Å². The molecule has 2 heterocycles. The summed E-state index contributed by atoms with van der Waals surface area (Å²) in [5.74, 6) is 0. The molecule has 8 heteroatoms. The first kappa shape index (κ1) is 36.7. The lowest BCUT2D eigenvalue weighted by atomic mass is 9.93. The number of para-hydroxylation sites is 4. The summed E-state index contributed by atoms with van der Waals surface area (Å²) in [7, 11) is 0. The topological polar surface area (TPSA) is 6.48 Å². The minimum atomic E-state index is -2.34. The summed E-state index contributed by atoms with van der Waals surface area (Å²) in [5, 5.41) is -2.33. The summed E-state index contributed by atoms with van der Waals surface area (Å²) in [6.07, 6.45) is 0. The summed E-state index contributed by atoms with van der Waals surface area (Å²) in [6.45, 7) is 2.16. The van der Waals surface area contributed by atoms with E-state index in [9.17, 15) is 0 Å². The Balaban J connectivity index is 1.10. The average Bonchev–Trinajstić information content (AvgIpc) is 3.75. The molecule has 0 bridgehead atoms. The average molecular weight is 843 g/mol. The molecule has 2 unspecified atom stereocenters. The molecule has 8 aromatic carbocycles. The number of fused-ring (bicyclic) bond motifs is 2. The van der Waals surface area contributed by atoms with E-state index in [1.807, 2.05) is 22.8 Å². The van der Waals surface area contributed by atoms with Crippen molar-refractivity contribution >= 4 is 90.5 Å². The number of anilines is 4. The van der Waals surface area contributed by atoms with Crippen molar-refractivity contribution in [1.82, 2.24) is 0 Å². The second kappa shape index (κ2) is 14.9. The Morgan fingerprint density at radius 2 is 0.754 bits per heavy atom.